The van der Waals surface area contributed by atoms with Gasteiger partial charge in [0.25, 0.3) is 5.91 Å². The number of carbonyl (C=O) groups excluding carboxylic acids is 1. The maximum absolute atomic E-state index is 13.0. The summed E-state index contributed by atoms with van der Waals surface area (Å²) in [7, 11) is 2.01. The number of nitrogens with zero attached hydrogens (tertiary/aromatic N) is 4. The minimum atomic E-state index is -0.203. The van der Waals surface area contributed by atoms with E-state index in [1.54, 1.807) is 0 Å². The molecule has 0 saturated carbocycles. The molecule has 1 atom stereocenters. The number of hydrogen-bond acceptors (Lipinski definition) is 6. The number of aliphatic hydroxyl groups is 1. The zero-order valence-corrected chi connectivity index (χ0v) is 20.0. The highest BCUT2D eigenvalue weighted by Crippen LogP contribution is 2.42. The number of anilines is 3. The van der Waals surface area contributed by atoms with Crippen molar-refractivity contribution < 1.29 is 14.5 Å². The van der Waals surface area contributed by atoms with E-state index in [9.17, 15) is 9.90 Å². The zero-order valence-electron chi connectivity index (χ0n) is 20.0. The first kappa shape index (κ1) is 21.7. The fourth-order valence-electron chi connectivity index (χ4n) is 5.46. The molecule has 3 aliphatic rings. The first-order valence-corrected chi connectivity index (χ1v) is 12.2. The minimum Gasteiger partial charge on any atom is -0.393 e. The molecular weight excluding hydrogens is 440 g/mol. The van der Waals surface area contributed by atoms with Crippen LogP contribution in [0.5, 0.6) is 0 Å². The number of amides is 1. The van der Waals surface area contributed by atoms with Crippen molar-refractivity contribution in [2.24, 2.45) is 0 Å². The maximum Gasteiger partial charge on any atom is 0.326 e. The van der Waals surface area contributed by atoms with Crippen molar-refractivity contribution in [1.29, 1.82) is 0 Å². The van der Waals surface area contributed by atoms with Crippen LogP contribution < -0.4 is 15.5 Å². The molecule has 1 saturated heterocycles. The third kappa shape index (κ3) is 3.74. The highest BCUT2D eigenvalue weighted by molar-refractivity contribution is 6.07. The Kier molecular flexibility index (Phi) is 5.25. The van der Waals surface area contributed by atoms with E-state index in [1.165, 1.54) is 5.56 Å². The molecule has 2 aromatic heterocycles. The van der Waals surface area contributed by atoms with Crippen LogP contribution in [0.1, 0.15) is 47.3 Å². The summed E-state index contributed by atoms with van der Waals surface area (Å²) in [6, 6.07) is 10.0. The Morgan fingerprint density at radius 1 is 1.11 bits per heavy atom. The molecule has 1 fully saturated rings. The van der Waals surface area contributed by atoms with Crippen LogP contribution in [0.25, 0.3) is 11.1 Å². The molecule has 5 heterocycles. The van der Waals surface area contributed by atoms with Gasteiger partial charge < -0.3 is 20.6 Å². The van der Waals surface area contributed by atoms with Gasteiger partial charge in [-0.05, 0) is 65.7 Å². The van der Waals surface area contributed by atoms with E-state index in [0.29, 0.717) is 11.4 Å². The molecule has 3 aromatic rings. The van der Waals surface area contributed by atoms with Crippen LogP contribution in [0, 0.1) is 0 Å². The summed E-state index contributed by atoms with van der Waals surface area (Å²) < 4.78 is 2.06. The highest BCUT2D eigenvalue weighted by Gasteiger charge is 2.33. The van der Waals surface area contributed by atoms with Gasteiger partial charge in [-0.2, -0.15) is 0 Å². The third-order valence-corrected chi connectivity index (χ3v) is 7.32. The number of carbonyl (C=O) groups is 1. The van der Waals surface area contributed by atoms with Crippen LogP contribution >= 0.6 is 0 Å². The molecular formula is C27H29N6O2+. The van der Waals surface area contributed by atoms with E-state index in [-0.39, 0.29) is 18.1 Å². The smallest absolute Gasteiger partial charge is 0.326 e. The van der Waals surface area contributed by atoms with Gasteiger partial charge >= 0.3 is 5.82 Å². The van der Waals surface area contributed by atoms with Crippen molar-refractivity contribution in [2.45, 2.75) is 38.3 Å². The predicted molar refractivity (Wildman–Crippen MR) is 136 cm³/mol. The summed E-state index contributed by atoms with van der Waals surface area (Å²) in [5.74, 6) is 1.58. The number of nitrogens with one attached hydrogen (secondary N) is 2. The molecule has 3 N–H and O–H groups in total. The second kappa shape index (κ2) is 8.46. The fourth-order valence-corrected chi connectivity index (χ4v) is 5.46. The van der Waals surface area contributed by atoms with Crippen molar-refractivity contribution >= 4 is 35.1 Å². The lowest BCUT2D eigenvalue weighted by atomic mass is 9.90. The topological polar surface area (TPSA) is 93.4 Å². The Morgan fingerprint density at radius 2 is 1.94 bits per heavy atom. The van der Waals surface area contributed by atoms with Gasteiger partial charge in [0.05, 0.1) is 54.1 Å². The van der Waals surface area contributed by atoms with Gasteiger partial charge in [0.15, 0.2) is 0 Å². The number of fused-ring (bicyclic) bond motifs is 2. The van der Waals surface area contributed by atoms with E-state index in [2.05, 4.69) is 42.4 Å². The van der Waals surface area contributed by atoms with Crippen molar-refractivity contribution in [1.82, 2.24) is 15.3 Å². The Morgan fingerprint density at radius 3 is 2.71 bits per heavy atom. The van der Waals surface area contributed by atoms with Crippen LogP contribution in [0.2, 0.25) is 0 Å². The van der Waals surface area contributed by atoms with Gasteiger partial charge in [-0.1, -0.05) is 6.07 Å². The summed E-state index contributed by atoms with van der Waals surface area (Å²) >= 11 is 0. The lowest BCUT2D eigenvalue weighted by molar-refractivity contribution is -0.400. The Bertz CT molecular complexity index is 1340. The average molecular weight is 470 g/mol. The lowest BCUT2D eigenvalue weighted by Gasteiger charge is -2.31. The van der Waals surface area contributed by atoms with Crippen LogP contribution in [0.3, 0.4) is 0 Å². The molecule has 0 radical (unpaired) electrons. The molecule has 1 amide bonds. The standard InChI is InChI=1S/C27H28N6O2/c1-16-24-20(19-7-11-28-26-21(19)10-12-32(26)2)4-5-22(25(24)27(35)30-16)31-23-6-3-17(15-29-23)33-13-8-18(34)9-14-33/h3-7,11-12,15-16,18,34H,8-10,13-14H2,1-2H3,(H-,28,29,30,31,35)/p+1/t16-/m0/s1. The van der Waals surface area contributed by atoms with E-state index in [1.807, 2.05) is 50.6 Å². The first-order valence-electron chi connectivity index (χ1n) is 12.2. The molecule has 178 valence electrons. The number of piperidine rings is 1. The Labute approximate surface area is 204 Å². The molecule has 35 heavy (non-hydrogen) atoms. The van der Waals surface area contributed by atoms with Crippen molar-refractivity contribution in [3.05, 3.63) is 59.4 Å². The van der Waals surface area contributed by atoms with Crippen LogP contribution in [-0.2, 0) is 6.42 Å². The fraction of sp³-hybridized carbons (Fsp3) is 0.333. The molecule has 3 aliphatic heterocycles. The van der Waals surface area contributed by atoms with Gasteiger partial charge in [0.2, 0.25) is 0 Å². The van der Waals surface area contributed by atoms with Crippen molar-refractivity contribution in [3.8, 4) is 11.1 Å². The minimum absolute atomic E-state index is 0.0743. The van der Waals surface area contributed by atoms with Crippen LogP contribution in [0.4, 0.5) is 23.0 Å². The number of aromatic nitrogens is 2. The largest absolute Gasteiger partial charge is 0.393 e. The monoisotopic (exact) mass is 469 g/mol. The van der Waals surface area contributed by atoms with Gasteiger partial charge in [0.1, 0.15) is 12.0 Å². The van der Waals surface area contributed by atoms with E-state index < -0.39 is 0 Å². The molecule has 0 spiro atoms. The highest BCUT2D eigenvalue weighted by atomic mass is 16.3. The summed E-state index contributed by atoms with van der Waals surface area (Å²) in [5, 5.41) is 16.2. The van der Waals surface area contributed by atoms with E-state index in [0.717, 1.165) is 66.2 Å². The summed E-state index contributed by atoms with van der Waals surface area (Å²) in [6.45, 7) is 3.68. The van der Waals surface area contributed by atoms with Gasteiger partial charge in [-0.15, -0.1) is 0 Å². The Hall–Kier alpha value is -3.78. The quantitative estimate of drug-likeness (QED) is 0.506. The normalized spacial score (nSPS) is 19.3. The first-order chi connectivity index (χ1) is 17.0. The number of rotatable bonds is 4. The van der Waals surface area contributed by atoms with Crippen LogP contribution in [0.15, 0.2) is 42.7 Å². The molecule has 0 unspecified atom stereocenters. The number of pyridine rings is 2. The molecule has 1 aromatic carbocycles. The van der Waals surface area contributed by atoms with Gasteiger partial charge in [-0.25, -0.2) is 9.56 Å². The number of aliphatic hydroxyl groups excluding tert-OH is 1. The Balaban J connectivity index is 1.33. The average Bonchev–Trinajstić information content (AvgIpc) is 3.40. The molecule has 6 rings (SSSR count). The molecule has 0 aliphatic carbocycles. The third-order valence-electron chi connectivity index (χ3n) is 7.32. The summed E-state index contributed by atoms with van der Waals surface area (Å²) in [5.41, 5.74) is 6.85. The predicted octanol–water partition coefficient (Wildman–Crippen LogP) is 3.55. The van der Waals surface area contributed by atoms with E-state index >= 15 is 0 Å². The lowest BCUT2D eigenvalue weighted by Crippen LogP contribution is -2.35. The van der Waals surface area contributed by atoms with Gasteiger partial charge in [0, 0.05) is 19.5 Å². The maximum atomic E-state index is 13.0. The summed E-state index contributed by atoms with van der Waals surface area (Å²) in [6.07, 6.45) is 8.00. The van der Waals surface area contributed by atoms with E-state index in [4.69, 9.17) is 0 Å². The van der Waals surface area contributed by atoms with Crippen molar-refractivity contribution in [2.75, 3.05) is 30.4 Å². The number of benzene rings is 1. The van der Waals surface area contributed by atoms with Crippen molar-refractivity contribution in [3.63, 3.8) is 0 Å². The second-order valence-corrected chi connectivity index (χ2v) is 9.55. The van der Waals surface area contributed by atoms with Crippen LogP contribution in [-0.4, -0.2) is 58.0 Å². The van der Waals surface area contributed by atoms with Gasteiger partial charge in [-0.3, -0.25) is 4.79 Å². The SMILES string of the molecule is C[C@@H]1NC(=O)c2c(Nc3ccc(N4CCC(O)CC4)cn3)ccc(-c3ccnc4c3CC=[N+]4C)c21. The molecule has 8 nitrogen and oxygen atoms in total. The second-order valence-electron chi connectivity index (χ2n) is 9.55. The number of hydrogen-bond donors (Lipinski definition) is 3. The zero-order chi connectivity index (χ0) is 24.1. The molecule has 0 bridgehead atoms. The molecule has 8 heteroatoms. The summed E-state index contributed by atoms with van der Waals surface area (Å²) in [4.78, 5) is 24.4.